The second-order valence-corrected chi connectivity index (χ2v) is 8.00. The summed E-state index contributed by atoms with van der Waals surface area (Å²) in [5.74, 6) is -1.80. The number of nitrogen functional groups attached to an aromatic ring is 1. The minimum absolute atomic E-state index is 0.00942. The lowest BCUT2D eigenvalue weighted by Crippen LogP contribution is -2.50. The number of urea groups is 1. The van der Waals surface area contributed by atoms with Crippen molar-refractivity contribution in [3.8, 4) is 6.07 Å². The van der Waals surface area contributed by atoms with Crippen molar-refractivity contribution in [2.24, 2.45) is 0 Å². The Hall–Kier alpha value is -4.19. The van der Waals surface area contributed by atoms with Gasteiger partial charge in [0.2, 0.25) is 5.91 Å². The zero-order valence-electron chi connectivity index (χ0n) is 17.8. The van der Waals surface area contributed by atoms with Gasteiger partial charge in [0.1, 0.15) is 11.9 Å². The fraction of sp³-hybridized carbons (Fsp3) is 0.250. The average Bonchev–Trinajstić information content (AvgIpc) is 2.83. The maximum Gasteiger partial charge on any atom is 0.322 e. The molecule has 1 fully saturated rings. The summed E-state index contributed by atoms with van der Waals surface area (Å²) >= 11 is 0. The van der Waals surface area contributed by atoms with Crippen LogP contribution in [0.5, 0.6) is 0 Å². The molecule has 33 heavy (non-hydrogen) atoms. The van der Waals surface area contributed by atoms with E-state index in [0.717, 1.165) is 29.5 Å². The minimum Gasteiger partial charge on any atom is -0.395 e. The predicted molar refractivity (Wildman–Crippen MR) is 120 cm³/mol. The summed E-state index contributed by atoms with van der Waals surface area (Å²) in [7, 11) is 0. The zero-order valence-corrected chi connectivity index (χ0v) is 17.8. The van der Waals surface area contributed by atoms with Crippen molar-refractivity contribution < 1.29 is 18.8 Å². The Morgan fingerprint density at radius 3 is 2.64 bits per heavy atom. The number of nitrogens with zero attached hydrogens (tertiary/aromatic N) is 3. The molecule has 2 heterocycles. The number of piperidine rings is 1. The van der Waals surface area contributed by atoms with Crippen molar-refractivity contribution in [3.63, 3.8) is 0 Å². The van der Waals surface area contributed by atoms with Crippen LogP contribution in [0.15, 0.2) is 48.6 Å². The Bertz CT molecular complexity index is 1200. The lowest BCUT2D eigenvalue weighted by molar-refractivity contribution is -0.127. The van der Waals surface area contributed by atoms with Crippen LogP contribution in [0.1, 0.15) is 34.3 Å². The number of allylic oxidation sites excluding steroid dienone is 1. The van der Waals surface area contributed by atoms with Crippen molar-refractivity contribution in [2.75, 3.05) is 24.1 Å². The molecule has 0 spiro atoms. The molecule has 1 saturated heterocycles. The largest absolute Gasteiger partial charge is 0.395 e. The molecule has 8 nitrogen and oxygen atoms in total. The Kier molecular flexibility index (Phi) is 6.09. The molecule has 3 amide bonds. The van der Waals surface area contributed by atoms with Crippen LogP contribution in [0.4, 0.5) is 20.6 Å². The summed E-state index contributed by atoms with van der Waals surface area (Å²) in [6.45, 7) is 1.42. The number of carbonyl (C=O) groups excluding carboxylic acids is 3. The molecule has 0 aliphatic carbocycles. The number of carbonyl (C=O) groups is 3. The Balaban J connectivity index is 1.35. The van der Waals surface area contributed by atoms with Gasteiger partial charge >= 0.3 is 6.03 Å². The maximum absolute atomic E-state index is 13.8. The minimum atomic E-state index is -0.858. The van der Waals surface area contributed by atoms with Gasteiger partial charge < -0.3 is 20.9 Å². The van der Waals surface area contributed by atoms with Crippen molar-refractivity contribution in [2.45, 2.75) is 25.4 Å². The number of rotatable bonds is 4. The SMILES string of the molecule is N#Cc1cc(C(=O)/C=C/C(=O)N2CCC(N3Cc4ccccc4NC3=O)CC2)cc(F)c1N. The van der Waals surface area contributed by atoms with E-state index >= 15 is 0 Å². The molecule has 2 aromatic carbocycles. The summed E-state index contributed by atoms with van der Waals surface area (Å²) in [6.07, 6.45) is 3.46. The number of halogens is 1. The highest BCUT2D eigenvalue weighted by molar-refractivity contribution is 6.08. The van der Waals surface area contributed by atoms with Gasteiger partial charge in [0.05, 0.1) is 11.3 Å². The molecule has 2 aliphatic rings. The molecule has 168 valence electrons. The number of anilines is 2. The molecule has 0 unspecified atom stereocenters. The lowest BCUT2D eigenvalue weighted by Gasteiger charge is -2.40. The number of hydrogen-bond acceptors (Lipinski definition) is 5. The van der Waals surface area contributed by atoms with Crippen molar-refractivity contribution in [1.82, 2.24) is 9.80 Å². The van der Waals surface area contributed by atoms with Gasteiger partial charge in [0, 0.05) is 43.0 Å². The number of fused-ring (bicyclic) bond motifs is 1. The van der Waals surface area contributed by atoms with Crippen LogP contribution >= 0.6 is 0 Å². The summed E-state index contributed by atoms with van der Waals surface area (Å²) < 4.78 is 13.8. The topological polar surface area (TPSA) is 120 Å². The lowest BCUT2D eigenvalue weighted by atomic mass is 10.0. The van der Waals surface area contributed by atoms with E-state index in [1.54, 1.807) is 15.9 Å². The van der Waals surface area contributed by atoms with E-state index in [2.05, 4.69) is 5.32 Å². The number of nitrogens with two attached hydrogens (primary N) is 1. The predicted octanol–water partition coefficient (Wildman–Crippen LogP) is 3.06. The molecule has 0 bridgehead atoms. The summed E-state index contributed by atoms with van der Waals surface area (Å²) in [6, 6.07) is 11.4. The molecule has 3 N–H and O–H groups in total. The van der Waals surface area contributed by atoms with Crippen LogP contribution in [-0.4, -0.2) is 46.7 Å². The van der Waals surface area contributed by atoms with Gasteiger partial charge in [0.25, 0.3) is 0 Å². The number of para-hydroxylation sites is 1. The highest BCUT2D eigenvalue weighted by Gasteiger charge is 2.32. The monoisotopic (exact) mass is 447 g/mol. The molecular weight excluding hydrogens is 425 g/mol. The van der Waals surface area contributed by atoms with Gasteiger partial charge in [-0.1, -0.05) is 18.2 Å². The van der Waals surface area contributed by atoms with Gasteiger partial charge in [-0.15, -0.1) is 0 Å². The van der Waals surface area contributed by atoms with Gasteiger partial charge in [-0.25, -0.2) is 9.18 Å². The maximum atomic E-state index is 13.8. The molecule has 0 saturated carbocycles. The highest BCUT2D eigenvalue weighted by Crippen LogP contribution is 2.27. The van der Waals surface area contributed by atoms with Gasteiger partial charge in [-0.3, -0.25) is 9.59 Å². The first-order chi connectivity index (χ1) is 15.9. The molecule has 2 aliphatic heterocycles. The standard InChI is InChI=1S/C24H22FN5O3/c25-19-12-16(11-17(13-26)23(19)27)21(31)5-6-22(32)29-9-7-18(8-10-29)30-14-15-3-1-2-4-20(15)28-24(30)33/h1-6,11-12,18H,7-10,14,27H2,(H,28,33)/b6-5+. The smallest absolute Gasteiger partial charge is 0.322 e. The number of likely N-dealkylation sites (tertiary alicyclic amines) is 1. The second kappa shape index (κ2) is 9.12. The van der Waals surface area contributed by atoms with E-state index < -0.39 is 11.6 Å². The number of hydrogen-bond donors (Lipinski definition) is 2. The fourth-order valence-electron chi connectivity index (χ4n) is 4.12. The quantitative estimate of drug-likeness (QED) is 0.424. The van der Waals surface area contributed by atoms with Crippen molar-refractivity contribution in [3.05, 3.63) is 71.1 Å². The first-order valence-electron chi connectivity index (χ1n) is 10.5. The van der Waals surface area contributed by atoms with Crippen molar-refractivity contribution in [1.29, 1.82) is 5.26 Å². The Labute approximate surface area is 190 Å². The number of amides is 3. The van der Waals surface area contributed by atoms with Crippen LogP contribution < -0.4 is 11.1 Å². The number of benzene rings is 2. The van der Waals surface area contributed by atoms with Crippen LogP contribution in [0, 0.1) is 17.1 Å². The molecule has 0 aromatic heterocycles. The third-order valence-electron chi connectivity index (χ3n) is 5.99. The third-order valence-corrected chi connectivity index (χ3v) is 5.99. The second-order valence-electron chi connectivity index (χ2n) is 8.00. The number of nitrogens with one attached hydrogen (secondary N) is 1. The van der Waals surface area contributed by atoms with Crippen molar-refractivity contribution >= 4 is 29.1 Å². The van der Waals surface area contributed by atoms with Gasteiger partial charge in [0.15, 0.2) is 5.78 Å². The van der Waals surface area contributed by atoms with E-state index in [-0.39, 0.29) is 34.8 Å². The third kappa shape index (κ3) is 4.55. The summed E-state index contributed by atoms with van der Waals surface area (Å²) in [5.41, 5.74) is 6.83. The Morgan fingerprint density at radius 1 is 1.18 bits per heavy atom. The molecular formula is C24H22FN5O3. The average molecular weight is 447 g/mol. The molecule has 0 radical (unpaired) electrons. The first-order valence-corrected chi connectivity index (χ1v) is 10.5. The number of nitriles is 1. The Morgan fingerprint density at radius 2 is 1.91 bits per heavy atom. The fourth-order valence-corrected chi connectivity index (χ4v) is 4.12. The zero-order chi connectivity index (χ0) is 23.5. The highest BCUT2D eigenvalue weighted by atomic mass is 19.1. The molecule has 0 atom stereocenters. The number of ketones is 1. The van der Waals surface area contributed by atoms with E-state index in [1.165, 1.54) is 6.07 Å². The van der Waals surface area contributed by atoms with Crippen LogP contribution in [-0.2, 0) is 11.3 Å². The van der Waals surface area contributed by atoms with Crippen LogP contribution in [0.25, 0.3) is 0 Å². The van der Waals surface area contributed by atoms with E-state index in [4.69, 9.17) is 11.0 Å². The van der Waals surface area contributed by atoms with Gasteiger partial charge in [-0.2, -0.15) is 5.26 Å². The summed E-state index contributed by atoms with van der Waals surface area (Å²) in [4.78, 5) is 40.8. The van der Waals surface area contributed by atoms with Crippen LogP contribution in [0.3, 0.4) is 0 Å². The summed E-state index contributed by atoms with van der Waals surface area (Å²) in [5, 5.41) is 11.9. The molecule has 4 rings (SSSR count). The molecule has 2 aromatic rings. The van der Waals surface area contributed by atoms with Crippen LogP contribution in [0.2, 0.25) is 0 Å². The normalized spacial score (nSPS) is 16.3. The molecule has 9 heteroatoms. The van der Waals surface area contributed by atoms with E-state index in [0.29, 0.717) is 32.5 Å². The van der Waals surface area contributed by atoms with Gasteiger partial charge in [-0.05, 0) is 42.7 Å². The first kappa shape index (κ1) is 22.0. The van der Waals surface area contributed by atoms with E-state index in [9.17, 15) is 18.8 Å². The van der Waals surface area contributed by atoms with E-state index in [1.807, 2.05) is 24.3 Å².